The third-order valence-electron chi connectivity index (χ3n) is 3.28. The fraction of sp³-hybridized carbons (Fsp3) is 0.538. The van der Waals surface area contributed by atoms with Gasteiger partial charge in [-0.1, -0.05) is 0 Å². The minimum absolute atomic E-state index is 0.143. The summed E-state index contributed by atoms with van der Waals surface area (Å²) in [5.41, 5.74) is 6.08. The number of hydrogen-bond donors (Lipinski definition) is 2. The SMILES string of the molecule is CCOC(=O)c1ccsc1NC(=O)CC1(N)CCC1. The van der Waals surface area contributed by atoms with E-state index in [9.17, 15) is 9.59 Å². The summed E-state index contributed by atoms with van der Waals surface area (Å²) in [5.74, 6) is -0.555. The second kappa shape index (κ2) is 5.71. The Balaban J connectivity index is 1.97. The van der Waals surface area contributed by atoms with Crippen molar-refractivity contribution in [3.8, 4) is 0 Å². The molecule has 0 saturated heterocycles. The highest BCUT2D eigenvalue weighted by Gasteiger charge is 2.34. The zero-order valence-corrected chi connectivity index (χ0v) is 11.7. The first-order valence-electron chi connectivity index (χ1n) is 6.37. The Morgan fingerprint density at radius 2 is 2.26 bits per heavy atom. The zero-order chi connectivity index (χ0) is 13.9. The number of carbonyl (C=O) groups excluding carboxylic acids is 2. The fourth-order valence-corrected chi connectivity index (χ4v) is 2.87. The highest BCUT2D eigenvalue weighted by Crippen LogP contribution is 2.33. The van der Waals surface area contributed by atoms with Crippen LogP contribution in [0.5, 0.6) is 0 Å². The van der Waals surface area contributed by atoms with Crippen LogP contribution in [0.1, 0.15) is 43.0 Å². The molecule has 3 N–H and O–H groups in total. The molecule has 0 aliphatic heterocycles. The summed E-state index contributed by atoms with van der Waals surface area (Å²) in [5, 5.41) is 5.04. The Bertz CT molecular complexity index is 480. The van der Waals surface area contributed by atoms with Gasteiger partial charge in [-0.15, -0.1) is 11.3 Å². The predicted molar refractivity (Wildman–Crippen MR) is 74.3 cm³/mol. The second-order valence-electron chi connectivity index (χ2n) is 4.82. The molecule has 1 saturated carbocycles. The first-order valence-corrected chi connectivity index (χ1v) is 7.25. The molecular formula is C13H18N2O3S. The lowest BCUT2D eigenvalue weighted by Gasteiger charge is -2.37. The molecule has 5 nitrogen and oxygen atoms in total. The number of ether oxygens (including phenoxy) is 1. The number of carbonyl (C=O) groups is 2. The summed E-state index contributed by atoms with van der Waals surface area (Å²) in [4.78, 5) is 23.6. The number of anilines is 1. The molecule has 0 atom stereocenters. The summed E-state index contributed by atoms with van der Waals surface area (Å²) in [7, 11) is 0. The third-order valence-corrected chi connectivity index (χ3v) is 4.11. The van der Waals surface area contributed by atoms with Crippen LogP contribution in [0.15, 0.2) is 11.4 Å². The van der Waals surface area contributed by atoms with E-state index >= 15 is 0 Å². The van der Waals surface area contributed by atoms with Gasteiger partial charge in [0, 0.05) is 12.0 Å². The molecule has 19 heavy (non-hydrogen) atoms. The van der Waals surface area contributed by atoms with Gasteiger partial charge in [0.15, 0.2) is 0 Å². The van der Waals surface area contributed by atoms with E-state index in [0.717, 1.165) is 19.3 Å². The number of amides is 1. The van der Waals surface area contributed by atoms with Gasteiger partial charge in [-0.3, -0.25) is 4.79 Å². The standard InChI is InChI=1S/C13H18N2O3S/c1-2-18-12(17)9-4-7-19-11(9)15-10(16)8-13(14)5-3-6-13/h4,7H,2-3,5-6,8,14H2,1H3,(H,15,16). The average Bonchev–Trinajstić information content (AvgIpc) is 2.75. The van der Waals surface area contributed by atoms with E-state index in [4.69, 9.17) is 10.5 Å². The van der Waals surface area contributed by atoms with E-state index < -0.39 is 5.97 Å². The molecular weight excluding hydrogens is 264 g/mol. The summed E-state index contributed by atoms with van der Waals surface area (Å²) < 4.78 is 4.93. The summed E-state index contributed by atoms with van der Waals surface area (Å²) in [6, 6.07) is 1.65. The van der Waals surface area contributed by atoms with Gasteiger partial charge >= 0.3 is 5.97 Å². The van der Waals surface area contributed by atoms with Crippen molar-refractivity contribution in [1.82, 2.24) is 0 Å². The fourth-order valence-electron chi connectivity index (χ4n) is 2.07. The zero-order valence-electron chi connectivity index (χ0n) is 10.9. The van der Waals surface area contributed by atoms with E-state index in [2.05, 4.69) is 5.32 Å². The molecule has 1 heterocycles. The molecule has 1 aromatic heterocycles. The molecule has 1 aromatic rings. The summed E-state index contributed by atoms with van der Waals surface area (Å²) >= 11 is 1.31. The summed E-state index contributed by atoms with van der Waals surface area (Å²) in [6.07, 6.45) is 3.15. The van der Waals surface area contributed by atoms with Crippen molar-refractivity contribution in [3.05, 3.63) is 17.0 Å². The van der Waals surface area contributed by atoms with Crippen molar-refractivity contribution in [2.45, 2.75) is 38.1 Å². The van der Waals surface area contributed by atoms with E-state index in [1.54, 1.807) is 18.4 Å². The monoisotopic (exact) mass is 282 g/mol. The minimum atomic E-state index is -0.412. The molecule has 0 radical (unpaired) electrons. The Morgan fingerprint density at radius 3 is 2.84 bits per heavy atom. The Labute approximate surface area is 116 Å². The Morgan fingerprint density at radius 1 is 1.53 bits per heavy atom. The van der Waals surface area contributed by atoms with Crippen LogP contribution in [0.2, 0.25) is 0 Å². The Hall–Kier alpha value is -1.40. The molecule has 1 aliphatic carbocycles. The molecule has 6 heteroatoms. The van der Waals surface area contributed by atoms with Crippen LogP contribution in [-0.4, -0.2) is 24.0 Å². The van der Waals surface area contributed by atoms with Crippen molar-refractivity contribution in [3.63, 3.8) is 0 Å². The number of hydrogen-bond acceptors (Lipinski definition) is 5. The molecule has 0 aromatic carbocycles. The lowest BCUT2D eigenvalue weighted by Crippen LogP contribution is -2.48. The first-order chi connectivity index (χ1) is 9.04. The quantitative estimate of drug-likeness (QED) is 0.811. The number of nitrogens with one attached hydrogen (secondary N) is 1. The van der Waals surface area contributed by atoms with E-state index in [1.165, 1.54) is 11.3 Å². The van der Waals surface area contributed by atoms with Crippen LogP contribution in [0.25, 0.3) is 0 Å². The maximum atomic E-state index is 11.9. The van der Waals surface area contributed by atoms with Crippen molar-refractivity contribution >= 4 is 28.2 Å². The molecule has 1 aliphatic rings. The normalized spacial score (nSPS) is 16.5. The third kappa shape index (κ3) is 3.33. The lowest BCUT2D eigenvalue weighted by molar-refractivity contribution is -0.118. The number of nitrogens with two attached hydrogens (primary N) is 1. The van der Waals surface area contributed by atoms with Crippen LogP contribution >= 0.6 is 11.3 Å². The van der Waals surface area contributed by atoms with Gasteiger partial charge in [0.05, 0.1) is 12.2 Å². The van der Waals surface area contributed by atoms with Crippen LogP contribution in [0.3, 0.4) is 0 Å². The van der Waals surface area contributed by atoms with E-state index in [1.807, 2.05) is 0 Å². The van der Waals surface area contributed by atoms with Gasteiger partial charge in [0.2, 0.25) is 5.91 Å². The molecule has 2 rings (SSSR count). The van der Waals surface area contributed by atoms with Gasteiger partial charge in [0.25, 0.3) is 0 Å². The van der Waals surface area contributed by atoms with Crippen LogP contribution in [-0.2, 0) is 9.53 Å². The van der Waals surface area contributed by atoms with Gasteiger partial charge < -0.3 is 15.8 Å². The number of thiophene rings is 1. The van der Waals surface area contributed by atoms with Gasteiger partial charge in [-0.05, 0) is 37.6 Å². The average molecular weight is 282 g/mol. The van der Waals surface area contributed by atoms with E-state index in [0.29, 0.717) is 23.6 Å². The van der Waals surface area contributed by atoms with Gasteiger partial charge in [-0.2, -0.15) is 0 Å². The molecule has 1 amide bonds. The first kappa shape index (κ1) is 14.0. The smallest absolute Gasteiger partial charge is 0.341 e. The van der Waals surface area contributed by atoms with Crippen LogP contribution in [0.4, 0.5) is 5.00 Å². The predicted octanol–water partition coefficient (Wildman–Crippen LogP) is 2.13. The van der Waals surface area contributed by atoms with Gasteiger partial charge in [-0.25, -0.2) is 4.79 Å². The number of esters is 1. The molecule has 0 unspecified atom stereocenters. The maximum Gasteiger partial charge on any atom is 0.341 e. The summed E-state index contributed by atoms with van der Waals surface area (Å²) in [6.45, 7) is 2.06. The van der Waals surface area contributed by atoms with Crippen molar-refractivity contribution in [2.75, 3.05) is 11.9 Å². The van der Waals surface area contributed by atoms with E-state index in [-0.39, 0.29) is 11.4 Å². The molecule has 104 valence electrons. The van der Waals surface area contributed by atoms with Crippen molar-refractivity contribution < 1.29 is 14.3 Å². The van der Waals surface area contributed by atoms with Gasteiger partial charge in [0.1, 0.15) is 5.00 Å². The molecule has 1 fully saturated rings. The van der Waals surface area contributed by atoms with Crippen molar-refractivity contribution in [1.29, 1.82) is 0 Å². The van der Waals surface area contributed by atoms with Crippen molar-refractivity contribution in [2.24, 2.45) is 5.73 Å². The molecule has 0 bridgehead atoms. The lowest BCUT2D eigenvalue weighted by atomic mass is 9.75. The maximum absolute atomic E-state index is 11.9. The number of rotatable bonds is 5. The highest BCUT2D eigenvalue weighted by atomic mass is 32.1. The second-order valence-corrected chi connectivity index (χ2v) is 5.74. The van der Waals surface area contributed by atoms with Crippen LogP contribution in [0, 0.1) is 0 Å². The Kier molecular flexibility index (Phi) is 4.21. The van der Waals surface area contributed by atoms with Crippen LogP contribution < -0.4 is 11.1 Å². The largest absolute Gasteiger partial charge is 0.462 e. The molecule has 0 spiro atoms. The highest BCUT2D eigenvalue weighted by molar-refractivity contribution is 7.14. The minimum Gasteiger partial charge on any atom is -0.462 e. The topological polar surface area (TPSA) is 81.4 Å².